The molecule has 2 rings (SSSR count). The van der Waals surface area contributed by atoms with Gasteiger partial charge in [-0.15, -0.1) is 0 Å². The van der Waals surface area contributed by atoms with E-state index in [2.05, 4.69) is 0 Å². The third-order valence-corrected chi connectivity index (χ3v) is 3.95. The van der Waals surface area contributed by atoms with Crippen LogP contribution in [0.2, 0.25) is 0 Å². The fraction of sp³-hybridized carbons (Fsp3) is 0.562. The number of carbonyl (C=O) groups is 1. The highest BCUT2D eigenvalue weighted by Crippen LogP contribution is 2.19. The zero-order valence-electron chi connectivity index (χ0n) is 12.4. The van der Waals surface area contributed by atoms with E-state index in [9.17, 15) is 9.18 Å². The molecule has 1 aliphatic rings. The average molecular weight is 294 g/mol. The molecule has 1 amide bonds. The van der Waals surface area contributed by atoms with Gasteiger partial charge in [0.25, 0.3) is 0 Å². The summed E-state index contributed by atoms with van der Waals surface area (Å²) in [7, 11) is 0. The van der Waals surface area contributed by atoms with E-state index in [1.54, 1.807) is 12.1 Å². The SMILES string of the molecule is CC(N)C1CCCN(C(=O)CCOc2ccc(F)cc2)C1. The van der Waals surface area contributed by atoms with Crippen LogP contribution in [0.1, 0.15) is 26.2 Å². The molecule has 1 fully saturated rings. The van der Waals surface area contributed by atoms with E-state index in [0.29, 0.717) is 24.7 Å². The minimum absolute atomic E-state index is 0.0995. The van der Waals surface area contributed by atoms with Crippen LogP contribution in [0, 0.1) is 11.7 Å². The molecule has 0 aliphatic carbocycles. The van der Waals surface area contributed by atoms with E-state index < -0.39 is 0 Å². The molecule has 1 aromatic rings. The molecule has 116 valence electrons. The van der Waals surface area contributed by atoms with Gasteiger partial charge in [0.1, 0.15) is 11.6 Å². The third-order valence-electron chi connectivity index (χ3n) is 3.95. The molecular formula is C16H23FN2O2. The van der Waals surface area contributed by atoms with Crippen LogP contribution in [0.15, 0.2) is 24.3 Å². The normalized spacial score (nSPS) is 20.1. The Balaban J connectivity index is 1.75. The number of amides is 1. The summed E-state index contributed by atoms with van der Waals surface area (Å²) in [6.45, 7) is 3.85. The summed E-state index contributed by atoms with van der Waals surface area (Å²) in [5.74, 6) is 0.771. The Hall–Kier alpha value is -1.62. The lowest BCUT2D eigenvalue weighted by atomic mass is 9.92. The summed E-state index contributed by atoms with van der Waals surface area (Å²) in [6, 6.07) is 5.93. The van der Waals surface area contributed by atoms with E-state index in [4.69, 9.17) is 10.5 Å². The fourth-order valence-electron chi connectivity index (χ4n) is 2.61. The molecule has 1 aliphatic heterocycles. The Bertz CT molecular complexity index is 462. The summed E-state index contributed by atoms with van der Waals surface area (Å²) in [5.41, 5.74) is 5.92. The topological polar surface area (TPSA) is 55.6 Å². The first-order valence-electron chi connectivity index (χ1n) is 7.48. The Labute approximate surface area is 125 Å². The maximum Gasteiger partial charge on any atom is 0.226 e. The Morgan fingerprint density at radius 2 is 2.19 bits per heavy atom. The van der Waals surface area contributed by atoms with E-state index in [-0.39, 0.29) is 17.8 Å². The number of nitrogens with zero attached hydrogens (tertiary/aromatic N) is 1. The van der Waals surface area contributed by atoms with Gasteiger partial charge >= 0.3 is 0 Å². The van der Waals surface area contributed by atoms with Crippen LogP contribution >= 0.6 is 0 Å². The molecule has 0 aromatic heterocycles. The molecule has 0 spiro atoms. The number of hydrogen-bond acceptors (Lipinski definition) is 3. The minimum atomic E-state index is -0.298. The smallest absolute Gasteiger partial charge is 0.226 e. The Morgan fingerprint density at radius 1 is 1.48 bits per heavy atom. The first-order chi connectivity index (χ1) is 10.1. The lowest BCUT2D eigenvalue weighted by Crippen LogP contribution is -2.45. The zero-order chi connectivity index (χ0) is 15.2. The van der Waals surface area contributed by atoms with Crippen molar-refractivity contribution in [2.75, 3.05) is 19.7 Å². The highest BCUT2D eigenvalue weighted by molar-refractivity contribution is 5.76. The van der Waals surface area contributed by atoms with Crippen molar-refractivity contribution in [3.05, 3.63) is 30.1 Å². The number of benzene rings is 1. The van der Waals surface area contributed by atoms with Gasteiger partial charge < -0.3 is 15.4 Å². The molecule has 1 saturated heterocycles. The number of rotatable bonds is 5. The van der Waals surface area contributed by atoms with Gasteiger partial charge in [0.15, 0.2) is 0 Å². The highest BCUT2D eigenvalue weighted by Gasteiger charge is 2.25. The number of ether oxygens (including phenoxy) is 1. The number of nitrogens with two attached hydrogens (primary N) is 1. The van der Waals surface area contributed by atoms with Gasteiger partial charge in [-0.25, -0.2) is 4.39 Å². The molecule has 1 heterocycles. The van der Waals surface area contributed by atoms with Crippen molar-refractivity contribution in [3.63, 3.8) is 0 Å². The second kappa shape index (κ2) is 7.41. The van der Waals surface area contributed by atoms with Crippen molar-refractivity contribution in [2.45, 2.75) is 32.2 Å². The molecule has 2 N–H and O–H groups in total. The Morgan fingerprint density at radius 3 is 2.86 bits per heavy atom. The number of likely N-dealkylation sites (tertiary alicyclic amines) is 1. The first-order valence-corrected chi connectivity index (χ1v) is 7.48. The van der Waals surface area contributed by atoms with E-state index in [0.717, 1.165) is 25.9 Å². The molecule has 1 aromatic carbocycles. The van der Waals surface area contributed by atoms with Crippen molar-refractivity contribution >= 4 is 5.91 Å². The maximum absolute atomic E-state index is 12.8. The fourth-order valence-corrected chi connectivity index (χ4v) is 2.61. The van der Waals surface area contributed by atoms with Crippen molar-refractivity contribution in [2.24, 2.45) is 11.7 Å². The second-order valence-corrected chi connectivity index (χ2v) is 5.65. The molecule has 2 atom stereocenters. The van der Waals surface area contributed by atoms with Crippen LogP contribution in [0.25, 0.3) is 0 Å². The average Bonchev–Trinajstić information content (AvgIpc) is 2.49. The van der Waals surface area contributed by atoms with E-state index in [1.807, 2.05) is 11.8 Å². The standard InChI is InChI=1S/C16H23FN2O2/c1-12(18)13-3-2-9-19(11-13)16(20)8-10-21-15-6-4-14(17)5-7-15/h4-7,12-13H,2-3,8-11,18H2,1H3. The van der Waals surface area contributed by atoms with Crippen LogP contribution in [-0.2, 0) is 4.79 Å². The molecule has 0 saturated carbocycles. The number of hydrogen-bond donors (Lipinski definition) is 1. The number of halogens is 1. The predicted octanol–water partition coefficient (Wildman–Crippen LogP) is 2.18. The maximum atomic E-state index is 12.8. The summed E-state index contributed by atoms with van der Waals surface area (Å²) >= 11 is 0. The quantitative estimate of drug-likeness (QED) is 0.905. The first kappa shape index (κ1) is 15.8. The summed E-state index contributed by atoms with van der Waals surface area (Å²) < 4.78 is 18.2. The highest BCUT2D eigenvalue weighted by atomic mass is 19.1. The number of piperidine rings is 1. The third kappa shape index (κ3) is 4.70. The van der Waals surface area contributed by atoms with Crippen LogP contribution in [0.3, 0.4) is 0 Å². The Kier molecular flexibility index (Phi) is 5.56. The zero-order valence-corrected chi connectivity index (χ0v) is 12.4. The van der Waals surface area contributed by atoms with Crippen molar-refractivity contribution < 1.29 is 13.9 Å². The van der Waals surface area contributed by atoms with Crippen molar-refractivity contribution in [3.8, 4) is 5.75 Å². The molecule has 4 nitrogen and oxygen atoms in total. The van der Waals surface area contributed by atoms with Crippen LogP contribution in [0.5, 0.6) is 5.75 Å². The molecule has 2 unspecified atom stereocenters. The van der Waals surface area contributed by atoms with E-state index in [1.165, 1.54) is 12.1 Å². The van der Waals surface area contributed by atoms with E-state index >= 15 is 0 Å². The van der Waals surface area contributed by atoms with Gasteiger partial charge in [-0.05, 0) is 49.9 Å². The van der Waals surface area contributed by atoms with Crippen molar-refractivity contribution in [1.82, 2.24) is 4.90 Å². The minimum Gasteiger partial charge on any atom is -0.493 e. The molecule has 0 radical (unpaired) electrons. The van der Waals surface area contributed by atoms with Crippen LogP contribution < -0.4 is 10.5 Å². The summed E-state index contributed by atoms with van der Waals surface area (Å²) in [6.07, 6.45) is 2.44. The summed E-state index contributed by atoms with van der Waals surface area (Å²) in [4.78, 5) is 14.0. The number of carbonyl (C=O) groups excluding carboxylic acids is 1. The largest absolute Gasteiger partial charge is 0.493 e. The summed E-state index contributed by atoms with van der Waals surface area (Å²) in [5, 5.41) is 0. The van der Waals surface area contributed by atoms with Gasteiger partial charge in [0.2, 0.25) is 5.91 Å². The molecular weight excluding hydrogens is 271 g/mol. The lowest BCUT2D eigenvalue weighted by Gasteiger charge is -2.34. The van der Waals surface area contributed by atoms with Crippen LogP contribution in [-0.4, -0.2) is 36.5 Å². The van der Waals surface area contributed by atoms with Gasteiger partial charge in [-0.2, -0.15) is 0 Å². The second-order valence-electron chi connectivity index (χ2n) is 5.65. The van der Waals surface area contributed by atoms with Gasteiger partial charge in [-0.3, -0.25) is 4.79 Å². The molecule has 21 heavy (non-hydrogen) atoms. The van der Waals surface area contributed by atoms with Gasteiger partial charge in [0, 0.05) is 19.1 Å². The molecule has 0 bridgehead atoms. The predicted molar refractivity (Wildman–Crippen MR) is 79.5 cm³/mol. The van der Waals surface area contributed by atoms with Gasteiger partial charge in [0.05, 0.1) is 13.0 Å². The van der Waals surface area contributed by atoms with Gasteiger partial charge in [-0.1, -0.05) is 0 Å². The monoisotopic (exact) mass is 294 g/mol. The molecule has 5 heteroatoms. The lowest BCUT2D eigenvalue weighted by molar-refractivity contribution is -0.133. The van der Waals surface area contributed by atoms with Crippen molar-refractivity contribution in [1.29, 1.82) is 0 Å². The van der Waals surface area contributed by atoms with Crippen LogP contribution in [0.4, 0.5) is 4.39 Å².